The van der Waals surface area contributed by atoms with E-state index in [2.05, 4.69) is 6.92 Å². The Hall–Kier alpha value is -0.740. The molecule has 1 rings (SSSR count). The van der Waals surface area contributed by atoms with E-state index in [-0.39, 0.29) is 11.7 Å². The molecule has 0 heterocycles. The van der Waals surface area contributed by atoms with Crippen LogP contribution in [0.2, 0.25) is 5.02 Å². The van der Waals surface area contributed by atoms with Gasteiger partial charge in [-0.15, -0.1) is 0 Å². The number of benzene rings is 1. The first-order valence-corrected chi connectivity index (χ1v) is 6.24. The molecule has 0 saturated carbocycles. The van der Waals surface area contributed by atoms with E-state index in [1.807, 2.05) is 0 Å². The van der Waals surface area contributed by atoms with Gasteiger partial charge in [0.15, 0.2) is 0 Å². The van der Waals surface area contributed by atoms with Gasteiger partial charge in [-0.2, -0.15) is 0 Å². The SMILES string of the molecule is [CH2]CC(C[SH](=O)=O)c1ccc(Cl)cc1N. The molecule has 0 spiro atoms. The summed E-state index contributed by atoms with van der Waals surface area (Å²) in [6.45, 7) is 3.72. The Morgan fingerprint density at radius 2 is 2.13 bits per heavy atom. The van der Waals surface area contributed by atoms with Crippen LogP contribution in [0.5, 0.6) is 0 Å². The van der Waals surface area contributed by atoms with Gasteiger partial charge in [-0.25, -0.2) is 8.42 Å². The number of hydrogen-bond acceptors (Lipinski definition) is 3. The van der Waals surface area contributed by atoms with E-state index >= 15 is 0 Å². The number of nitrogen functional groups attached to an aromatic ring is 1. The number of rotatable bonds is 4. The van der Waals surface area contributed by atoms with Gasteiger partial charge in [0.2, 0.25) is 0 Å². The third kappa shape index (κ3) is 3.39. The van der Waals surface area contributed by atoms with Gasteiger partial charge < -0.3 is 5.73 Å². The summed E-state index contributed by atoms with van der Waals surface area (Å²) in [7, 11) is -2.42. The van der Waals surface area contributed by atoms with Crippen LogP contribution < -0.4 is 5.73 Å². The largest absolute Gasteiger partial charge is 0.398 e. The van der Waals surface area contributed by atoms with Crippen molar-refractivity contribution in [2.75, 3.05) is 11.5 Å². The van der Waals surface area contributed by atoms with Gasteiger partial charge in [-0.1, -0.05) is 24.6 Å². The van der Waals surface area contributed by atoms with Crippen LogP contribution in [0.4, 0.5) is 5.69 Å². The molecule has 0 aliphatic carbocycles. The second kappa shape index (κ2) is 5.37. The maximum atomic E-state index is 10.7. The maximum absolute atomic E-state index is 10.7. The Kier molecular flexibility index (Phi) is 4.42. The van der Waals surface area contributed by atoms with Crippen molar-refractivity contribution in [1.82, 2.24) is 0 Å². The highest BCUT2D eigenvalue weighted by Crippen LogP contribution is 2.27. The molecule has 0 aromatic heterocycles. The zero-order valence-corrected chi connectivity index (χ0v) is 9.80. The minimum absolute atomic E-state index is 0.0741. The van der Waals surface area contributed by atoms with Crippen LogP contribution in [0, 0.1) is 6.92 Å². The highest BCUT2D eigenvalue weighted by molar-refractivity contribution is 7.72. The summed E-state index contributed by atoms with van der Waals surface area (Å²) in [5, 5.41) is 0.547. The van der Waals surface area contributed by atoms with Crippen LogP contribution in [0.25, 0.3) is 0 Å². The van der Waals surface area contributed by atoms with Crippen LogP contribution in [0.3, 0.4) is 0 Å². The molecule has 1 atom stereocenters. The van der Waals surface area contributed by atoms with Gasteiger partial charge in [0, 0.05) is 10.7 Å². The summed E-state index contributed by atoms with van der Waals surface area (Å²) in [6, 6.07) is 5.08. The third-order valence-corrected chi connectivity index (χ3v) is 3.18. The van der Waals surface area contributed by atoms with Gasteiger partial charge in [-0.05, 0) is 30.0 Å². The van der Waals surface area contributed by atoms with Gasteiger partial charge >= 0.3 is 0 Å². The van der Waals surface area contributed by atoms with E-state index in [0.29, 0.717) is 17.1 Å². The molecule has 0 aliphatic heterocycles. The number of halogens is 1. The van der Waals surface area contributed by atoms with Crippen molar-refractivity contribution in [2.45, 2.75) is 12.3 Å². The number of hydrogen-bond donors (Lipinski definition) is 2. The van der Waals surface area contributed by atoms with E-state index in [1.165, 1.54) is 0 Å². The minimum atomic E-state index is -2.42. The second-order valence-electron chi connectivity index (χ2n) is 3.27. The van der Waals surface area contributed by atoms with Crippen molar-refractivity contribution in [1.29, 1.82) is 0 Å². The van der Waals surface area contributed by atoms with Crippen LogP contribution >= 0.6 is 11.6 Å². The lowest BCUT2D eigenvalue weighted by Crippen LogP contribution is -2.07. The smallest absolute Gasteiger partial charge is 0.140 e. The molecule has 5 heteroatoms. The molecule has 0 amide bonds. The summed E-state index contributed by atoms with van der Waals surface area (Å²) in [4.78, 5) is 0. The molecule has 1 aromatic carbocycles. The molecular formula is C10H13ClNO2S. The predicted molar refractivity (Wildman–Crippen MR) is 63.8 cm³/mol. The molecule has 0 saturated heterocycles. The third-order valence-electron chi connectivity index (χ3n) is 2.21. The Morgan fingerprint density at radius 1 is 1.47 bits per heavy atom. The van der Waals surface area contributed by atoms with Crippen molar-refractivity contribution in [2.24, 2.45) is 0 Å². The predicted octanol–water partition coefficient (Wildman–Crippen LogP) is 1.84. The molecule has 0 bridgehead atoms. The Morgan fingerprint density at radius 3 is 2.60 bits per heavy atom. The molecule has 0 fully saturated rings. The molecule has 1 aromatic rings. The zero-order valence-electron chi connectivity index (χ0n) is 8.15. The highest BCUT2D eigenvalue weighted by atomic mass is 35.5. The summed E-state index contributed by atoms with van der Waals surface area (Å²) in [5.74, 6) is -0.0756. The first-order chi connectivity index (χ1) is 7.04. The monoisotopic (exact) mass is 246 g/mol. The van der Waals surface area contributed by atoms with Gasteiger partial charge in [0.05, 0.1) is 5.75 Å². The molecule has 15 heavy (non-hydrogen) atoms. The quantitative estimate of drug-likeness (QED) is 0.630. The van der Waals surface area contributed by atoms with Gasteiger partial charge in [0.1, 0.15) is 10.7 Å². The number of thiol groups is 1. The lowest BCUT2D eigenvalue weighted by molar-refractivity contribution is 0.606. The van der Waals surface area contributed by atoms with Crippen molar-refractivity contribution < 1.29 is 8.42 Å². The second-order valence-corrected chi connectivity index (χ2v) is 4.74. The van der Waals surface area contributed by atoms with E-state index in [1.54, 1.807) is 18.2 Å². The van der Waals surface area contributed by atoms with Gasteiger partial charge in [-0.3, -0.25) is 0 Å². The summed E-state index contributed by atoms with van der Waals surface area (Å²) in [5.41, 5.74) is 7.09. The molecule has 83 valence electrons. The average molecular weight is 247 g/mol. The van der Waals surface area contributed by atoms with E-state index < -0.39 is 10.7 Å². The summed E-state index contributed by atoms with van der Waals surface area (Å²) < 4.78 is 21.3. The molecule has 0 aliphatic rings. The highest BCUT2D eigenvalue weighted by Gasteiger charge is 2.13. The fourth-order valence-corrected chi connectivity index (χ4v) is 2.36. The Bertz CT molecular complexity index is 410. The number of anilines is 1. The Labute approximate surface area is 96.2 Å². The molecule has 2 N–H and O–H groups in total. The fourth-order valence-electron chi connectivity index (χ4n) is 1.44. The van der Waals surface area contributed by atoms with E-state index in [9.17, 15) is 8.42 Å². The summed E-state index contributed by atoms with van der Waals surface area (Å²) in [6.07, 6.45) is 0.495. The molecule has 1 radical (unpaired) electrons. The van der Waals surface area contributed by atoms with Crippen molar-refractivity contribution in [3.05, 3.63) is 35.7 Å². The normalized spacial score (nSPS) is 13.0. The van der Waals surface area contributed by atoms with Crippen molar-refractivity contribution >= 4 is 28.0 Å². The van der Waals surface area contributed by atoms with Crippen molar-refractivity contribution in [3.8, 4) is 0 Å². The molecular weight excluding hydrogens is 234 g/mol. The van der Waals surface area contributed by atoms with Gasteiger partial charge in [0.25, 0.3) is 0 Å². The topological polar surface area (TPSA) is 60.2 Å². The lowest BCUT2D eigenvalue weighted by atomic mass is 9.97. The summed E-state index contributed by atoms with van der Waals surface area (Å²) >= 11 is 5.76. The van der Waals surface area contributed by atoms with Crippen LogP contribution in [0.1, 0.15) is 17.9 Å². The molecule has 3 nitrogen and oxygen atoms in total. The first-order valence-electron chi connectivity index (χ1n) is 4.50. The van der Waals surface area contributed by atoms with Crippen LogP contribution in [-0.2, 0) is 10.7 Å². The van der Waals surface area contributed by atoms with E-state index in [0.717, 1.165) is 5.56 Å². The zero-order chi connectivity index (χ0) is 11.4. The van der Waals surface area contributed by atoms with Crippen LogP contribution in [-0.4, -0.2) is 14.2 Å². The number of nitrogens with two attached hydrogens (primary N) is 1. The van der Waals surface area contributed by atoms with Crippen LogP contribution in [0.15, 0.2) is 18.2 Å². The maximum Gasteiger partial charge on any atom is 0.140 e. The first kappa shape index (κ1) is 12.3. The average Bonchev–Trinajstić information content (AvgIpc) is 2.14. The lowest BCUT2D eigenvalue weighted by Gasteiger charge is -2.14. The van der Waals surface area contributed by atoms with Crippen molar-refractivity contribution in [3.63, 3.8) is 0 Å². The molecule has 1 unspecified atom stereocenters. The standard InChI is InChI=1S/C10H13ClNO2S/c1-2-7(6-15(13)14)9-4-3-8(11)5-10(9)12/h3-5,7,15H,1-2,6,12H2. The van der Waals surface area contributed by atoms with E-state index in [4.69, 9.17) is 17.3 Å². The Balaban J connectivity index is 3.01. The minimum Gasteiger partial charge on any atom is -0.398 e. The fraction of sp³-hybridized carbons (Fsp3) is 0.300.